The molecule has 4 aromatic rings. The summed E-state index contributed by atoms with van der Waals surface area (Å²) >= 11 is 7.97. The number of nitrogens with zero attached hydrogens (tertiary/aromatic N) is 1. The number of aliphatic carboxylic acids is 1. The predicted molar refractivity (Wildman–Crippen MR) is 173 cm³/mol. The van der Waals surface area contributed by atoms with Crippen molar-refractivity contribution in [2.24, 2.45) is 5.41 Å². The molecule has 0 saturated carbocycles. The summed E-state index contributed by atoms with van der Waals surface area (Å²) in [6.45, 7) is 7.66. The molecular formula is C35H38ClNO3S. The summed E-state index contributed by atoms with van der Waals surface area (Å²) in [6.07, 6.45) is 5.88. The van der Waals surface area contributed by atoms with Gasteiger partial charge < -0.3 is 10.2 Å². The third-order valence-corrected chi connectivity index (χ3v) is 9.16. The fraction of sp³-hybridized carbons (Fsp3) is 0.314. The van der Waals surface area contributed by atoms with Crippen LogP contribution in [-0.4, -0.2) is 26.9 Å². The number of aliphatic hydroxyl groups is 1. The number of aryl methyl sites for hydroxylation is 1. The van der Waals surface area contributed by atoms with E-state index in [2.05, 4.69) is 36.4 Å². The lowest BCUT2D eigenvalue weighted by molar-refractivity contribution is -0.138. The van der Waals surface area contributed by atoms with Crippen LogP contribution in [0.5, 0.6) is 0 Å². The summed E-state index contributed by atoms with van der Waals surface area (Å²) in [7, 11) is 0. The number of fused-ring (bicyclic) bond motifs is 1. The first kappa shape index (κ1) is 30.8. The van der Waals surface area contributed by atoms with Crippen molar-refractivity contribution >= 4 is 52.4 Å². The number of rotatable bonds is 12. The van der Waals surface area contributed by atoms with Crippen LogP contribution in [0.2, 0.25) is 5.02 Å². The van der Waals surface area contributed by atoms with E-state index in [1.165, 1.54) is 5.56 Å². The van der Waals surface area contributed by atoms with E-state index in [9.17, 15) is 15.0 Å². The fourth-order valence-corrected chi connectivity index (χ4v) is 6.54. The molecule has 0 fully saturated rings. The maximum Gasteiger partial charge on any atom is 0.303 e. The summed E-state index contributed by atoms with van der Waals surface area (Å²) in [4.78, 5) is 16.2. The minimum atomic E-state index is -0.921. The van der Waals surface area contributed by atoms with Gasteiger partial charge in [-0.3, -0.25) is 4.79 Å². The zero-order chi connectivity index (χ0) is 29.6. The number of carboxylic acid groups (broad SMARTS) is 1. The molecule has 2 N–H and O–H groups in total. The monoisotopic (exact) mass is 587 g/mol. The Hall–Kier alpha value is -3.12. The molecule has 0 spiro atoms. The average Bonchev–Trinajstić information content (AvgIpc) is 2.90. The average molecular weight is 588 g/mol. The number of benzene rings is 3. The van der Waals surface area contributed by atoms with Crippen LogP contribution in [0.4, 0.5) is 0 Å². The van der Waals surface area contributed by atoms with Crippen LogP contribution in [0, 0.1) is 5.41 Å². The summed E-state index contributed by atoms with van der Waals surface area (Å²) < 4.78 is 0. The molecule has 3 aromatic carbocycles. The van der Waals surface area contributed by atoms with E-state index in [0.717, 1.165) is 51.9 Å². The first-order valence-electron chi connectivity index (χ1n) is 13.9. The van der Waals surface area contributed by atoms with Gasteiger partial charge in [0, 0.05) is 15.7 Å². The lowest BCUT2D eigenvalue weighted by atomic mass is 9.90. The molecule has 6 heteroatoms. The smallest absolute Gasteiger partial charge is 0.303 e. The molecule has 0 aliphatic carbocycles. The van der Waals surface area contributed by atoms with Crippen molar-refractivity contribution < 1.29 is 15.0 Å². The van der Waals surface area contributed by atoms with Crippen molar-refractivity contribution in [1.29, 1.82) is 0 Å². The van der Waals surface area contributed by atoms with Crippen LogP contribution in [0.25, 0.3) is 23.1 Å². The van der Waals surface area contributed by atoms with Gasteiger partial charge in [0.25, 0.3) is 0 Å². The molecule has 0 bridgehead atoms. The van der Waals surface area contributed by atoms with Gasteiger partial charge in [0.1, 0.15) is 0 Å². The van der Waals surface area contributed by atoms with E-state index in [-0.39, 0.29) is 17.1 Å². The molecular weight excluding hydrogens is 550 g/mol. The SMILES string of the molecule is CC(C)(CSC(CCc1ccccc1C(C)(C)O)c1cccc(C=Cc2ccc3ccc(Cl)cc3n2)c1)CC(=O)O. The number of halogens is 1. The van der Waals surface area contributed by atoms with Crippen LogP contribution in [0.15, 0.2) is 78.9 Å². The summed E-state index contributed by atoms with van der Waals surface area (Å²) in [5, 5.41) is 22.0. The first-order valence-corrected chi connectivity index (χ1v) is 15.3. The quantitative estimate of drug-likeness (QED) is 0.173. The Morgan fingerprint density at radius 1 is 0.976 bits per heavy atom. The van der Waals surface area contributed by atoms with E-state index >= 15 is 0 Å². The normalized spacial score (nSPS) is 13.1. The summed E-state index contributed by atoms with van der Waals surface area (Å²) in [5.41, 5.74) is 4.81. The van der Waals surface area contributed by atoms with Crippen LogP contribution in [-0.2, 0) is 16.8 Å². The second kappa shape index (κ2) is 13.2. The Bertz CT molecular complexity index is 1540. The largest absolute Gasteiger partial charge is 0.481 e. The molecule has 41 heavy (non-hydrogen) atoms. The highest BCUT2D eigenvalue weighted by atomic mass is 35.5. The summed E-state index contributed by atoms with van der Waals surface area (Å²) in [5.74, 6) is -0.0521. The standard InChI is InChI=1S/C35H38ClNO3S/c1-34(2,22-33(38)39)23-41-32(19-15-25-9-5-6-11-30(25)35(3,4)40)27-10-7-8-24(20-27)12-17-29-18-14-26-13-16-28(36)21-31(26)37-29/h5-14,16-18,20-21,32,40H,15,19,22-23H2,1-4H3,(H,38,39). The Balaban J connectivity index is 1.58. The van der Waals surface area contributed by atoms with E-state index in [1.54, 1.807) is 0 Å². The van der Waals surface area contributed by atoms with Crippen LogP contribution in [0.1, 0.15) is 73.7 Å². The number of hydrogen-bond donors (Lipinski definition) is 2. The lowest BCUT2D eigenvalue weighted by Crippen LogP contribution is -2.20. The highest BCUT2D eigenvalue weighted by Gasteiger charge is 2.25. The van der Waals surface area contributed by atoms with Gasteiger partial charge in [-0.25, -0.2) is 4.98 Å². The maximum absolute atomic E-state index is 11.4. The van der Waals surface area contributed by atoms with Crippen LogP contribution in [0.3, 0.4) is 0 Å². The van der Waals surface area contributed by atoms with Crippen molar-refractivity contribution in [3.8, 4) is 0 Å². The minimum Gasteiger partial charge on any atom is -0.481 e. The van der Waals surface area contributed by atoms with Gasteiger partial charge in [-0.05, 0) is 84.4 Å². The number of carboxylic acids is 1. The van der Waals surface area contributed by atoms with Crippen molar-refractivity contribution in [1.82, 2.24) is 4.98 Å². The zero-order valence-electron chi connectivity index (χ0n) is 24.1. The maximum atomic E-state index is 11.4. The summed E-state index contributed by atoms with van der Waals surface area (Å²) in [6, 6.07) is 26.3. The minimum absolute atomic E-state index is 0.126. The van der Waals surface area contributed by atoms with Gasteiger partial charge in [-0.1, -0.05) is 92.2 Å². The van der Waals surface area contributed by atoms with Gasteiger partial charge in [0.05, 0.1) is 23.2 Å². The number of carbonyl (C=O) groups is 1. The Morgan fingerprint density at radius 2 is 1.73 bits per heavy atom. The molecule has 0 aliphatic heterocycles. The first-order chi connectivity index (χ1) is 19.4. The van der Waals surface area contributed by atoms with Crippen molar-refractivity contribution in [2.45, 2.75) is 57.8 Å². The third kappa shape index (κ3) is 8.93. The predicted octanol–water partition coefficient (Wildman–Crippen LogP) is 9.19. The van der Waals surface area contributed by atoms with Gasteiger partial charge in [-0.2, -0.15) is 11.8 Å². The molecule has 0 radical (unpaired) electrons. The fourth-order valence-electron chi connectivity index (χ4n) is 5.00. The molecule has 0 saturated heterocycles. The Labute approximate surface area is 252 Å². The topological polar surface area (TPSA) is 70.4 Å². The number of thioether (sulfide) groups is 1. The van der Waals surface area contributed by atoms with E-state index in [4.69, 9.17) is 16.6 Å². The lowest BCUT2D eigenvalue weighted by Gasteiger charge is -2.27. The van der Waals surface area contributed by atoms with E-state index < -0.39 is 11.6 Å². The molecule has 1 atom stereocenters. The van der Waals surface area contributed by atoms with Crippen molar-refractivity contribution in [3.05, 3.63) is 112 Å². The van der Waals surface area contributed by atoms with E-state index in [1.807, 2.05) is 94.1 Å². The zero-order valence-corrected chi connectivity index (χ0v) is 25.7. The number of hydrogen-bond acceptors (Lipinski definition) is 4. The van der Waals surface area contributed by atoms with Gasteiger partial charge >= 0.3 is 5.97 Å². The molecule has 1 heterocycles. The Morgan fingerprint density at radius 3 is 2.49 bits per heavy atom. The molecule has 4 rings (SSSR count). The van der Waals surface area contributed by atoms with Crippen molar-refractivity contribution in [2.75, 3.05) is 5.75 Å². The van der Waals surface area contributed by atoms with E-state index in [0.29, 0.717) is 5.02 Å². The van der Waals surface area contributed by atoms with Gasteiger partial charge in [0.2, 0.25) is 0 Å². The molecule has 1 aromatic heterocycles. The molecule has 0 amide bonds. The Kier molecular flexibility index (Phi) is 9.96. The van der Waals surface area contributed by atoms with Crippen molar-refractivity contribution in [3.63, 3.8) is 0 Å². The molecule has 214 valence electrons. The van der Waals surface area contributed by atoms with Gasteiger partial charge in [0.15, 0.2) is 0 Å². The van der Waals surface area contributed by atoms with Crippen LogP contribution < -0.4 is 0 Å². The second-order valence-corrected chi connectivity index (χ2v) is 13.5. The number of aromatic nitrogens is 1. The highest BCUT2D eigenvalue weighted by molar-refractivity contribution is 7.99. The molecule has 0 aliphatic rings. The second-order valence-electron chi connectivity index (χ2n) is 11.9. The highest BCUT2D eigenvalue weighted by Crippen LogP contribution is 2.39. The molecule has 1 unspecified atom stereocenters. The molecule has 4 nitrogen and oxygen atoms in total. The van der Waals surface area contributed by atoms with Gasteiger partial charge in [-0.15, -0.1) is 0 Å². The third-order valence-electron chi connectivity index (χ3n) is 7.06. The van der Waals surface area contributed by atoms with Crippen LogP contribution >= 0.6 is 23.4 Å². The number of pyridine rings is 1.